The van der Waals surface area contributed by atoms with E-state index in [0.717, 1.165) is 42.0 Å². The van der Waals surface area contributed by atoms with Gasteiger partial charge in [0.2, 0.25) is 5.91 Å². The van der Waals surface area contributed by atoms with Gasteiger partial charge in [-0.25, -0.2) is 4.99 Å². The number of hydrogen-bond donors (Lipinski definition) is 2. The number of aromatic nitrogens is 1. The standard InChI is InChI=1S/C23H33N5O3.HI/c1-5-16(6-2)20-13-17(31-27-20)14-24-23(25-15-22(29)28(3)4)26-19-11-12-30-21-10-8-7-9-18(19)21;/h7-10,13,16,19H,5-6,11-12,14-15H2,1-4H3,(H2,24,25,26);1H. The number of halogens is 1. The number of rotatable bonds is 8. The summed E-state index contributed by atoms with van der Waals surface area (Å²) < 4.78 is 11.3. The molecule has 1 aliphatic rings. The molecule has 3 rings (SSSR count). The highest BCUT2D eigenvalue weighted by Crippen LogP contribution is 2.31. The Morgan fingerprint density at radius 3 is 2.75 bits per heavy atom. The lowest BCUT2D eigenvalue weighted by Gasteiger charge is -2.28. The van der Waals surface area contributed by atoms with Crippen LogP contribution in [0, 0.1) is 0 Å². The summed E-state index contributed by atoms with van der Waals surface area (Å²) in [5.74, 6) is 2.50. The second kappa shape index (κ2) is 12.7. The molecule has 176 valence electrons. The van der Waals surface area contributed by atoms with Gasteiger partial charge >= 0.3 is 0 Å². The van der Waals surface area contributed by atoms with Gasteiger partial charge in [0, 0.05) is 38.1 Å². The molecule has 0 spiro atoms. The molecule has 9 heteroatoms. The number of fused-ring (bicyclic) bond motifs is 1. The van der Waals surface area contributed by atoms with Gasteiger partial charge in [-0.3, -0.25) is 4.79 Å². The highest BCUT2D eigenvalue weighted by Gasteiger charge is 2.22. The molecular weight excluding hydrogens is 521 g/mol. The Morgan fingerprint density at radius 2 is 2.03 bits per heavy atom. The smallest absolute Gasteiger partial charge is 0.243 e. The number of aliphatic imine (C=N–C) groups is 1. The molecule has 0 bridgehead atoms. The lowest BCUT2D eigenvalue weighted by Crippen LogP contribution is -2.41. The second-order valence-electron chi connectivity index (χ2n) is 7.91. The lowest BCUT2D eigenvalue weighted by molar-refractivity contribution is -0.127. The first-order valence-corrected chi connectivity index (χ1v) is 10.9. The Bertz CT molecular complexity index is 895. The van der Waals surface area contributed by atoms with Crippen molar-refractivity contribution in [3.63, 3.8) is 0 Å². The molecule has 1 atom stereocenters. The number of amides is 1. The molecule has 1 amide bonds. The maximum atomic E-state index is 12.1. The molecule has 0 saturated carbocycles. The van der Waals surface area contributed by atoms with Crippen molar-refractivity contribution in [2.45, 2.75) is 51.6 Å². The first-order valence-electron chi connectivity index (χ1n) is 10.9. The summed E-state index contributed by atoms with van der Waals surface area (Å²) in [5, 5.41) is 11.0. The Balaban J connectivity index is 0.00000363. The van der Waals surface area contributed by atoms with Gasteiger partial charge < -0.3 is 24.8 Å². The van der Waals surface area contributed by atoms with E-state index in [1.165, 1.54) is 4.90 Å². The van der Waals surface area contributed by atoms with Crippen molar-refractivity contribution in [3.8, 4) is 5.75 Å². The van der Waals surface area contributed by atoms with E-state index in [1.54, 1.807) is 14.1 Å². The van der Waals surface area contributed by atoms with E-state index in [2.05, 4.69) is 34.6 Å². The number of guanidine groups is 1. The van der Waals surface area contributed by atoms with Crippen LogP contribution in [0.25, 0.3) is 0 Å². The Hall–Kier alpha value is -2.30. The number of para-hydroxylation sites is 1. The third kappa shape index (κ3) is 6.85. The van der Waals surface area contributed by atoms with Crippen LogP contribution in [0.15, 0.2) is 39.8 Å². The Morgan fingerprint density at radius 1 is 1.28 bits per heavy atom. The van der Waals surface area contributed by atoms with Crippen molar-refractivity contribution in [2.75, 3.05) is 27.2 Å². The monoisotopic (exact) mass is 555 g/mol. The minimum Gasteiger partial charge on any atom is -0.493 e. The fraction of sp³-hybridized carbons (Fsp3) is 0.522. The number of nitrogens with zero attached hydrogens (tertiary/aromatic N) is 3. The van der Waals surface area contributed by atoms with E-state index < -0.39 is 0 Å². The number of likely N-dealkylation sites (N-methyl/N-ethyl adjacent to an activating group) is 1. The van der Waals surface area contributed by atoms with Crippen molar-refractivity contribution in [3.05, 3.63) is 47.3 Å². The van der Waals surface area contributed by atoms with Gasteiger partial charge in [0.05, 0.1) is 24.9 Å². The predicted octanol–water partition coefficient (Wildman–Crippen LogP) is 3.84. The van der Waals surface area contributed by atoms with Crippen molar-refractivity contribution in [2.24, 2.45) is 4.99 Å². The quantitative estimate of drug-likeness (QED) is 0.292. The first-order chi connectivity index (χ1) is 15.0. The van der Waals surface area contributed by atoms with Gasteiger partial charge in [-0.1, -0.05) is 37.2 Å². The molecule has 1 unspecified atom stereocenters. The van der Waals surface area contributed by atoms with E-state index in [-0.39, 0.29) is 42.5 Å². The molecule has 32 heavy (non-hydrogen) atoms. The minimum absolute atomic E-state index is 0. The fourth-order valence-corrected chi connectivity index (χ4v) is 3.58. The summed E-state index contributed by atoms with van der Waals surface area (Å²) in [5.41, 5.74) is 2.06. The van der Waals surface area contributed by atoms with Crippen LogP contribution in [0.4, 0.5) is 0 Å². The Labute approximate surface area is 207 Å². The normalized spacial score (nSPS) is 15.4. The van der Waals surface area contributed by atoms with E-state index in [9.17, 15) is 4.79 Å². The number of benzene rings is 1. The molecule has 0 fully saturated rings. The van der Waals surface area contributed by atoms with Crippen LogP contribution in [-0.2, 0) is 11.3 Å². The largest absolute Gasteiger partial charge is 0.493 e. The predicted molar refractivity (Wildman–Crippen MR) is 136 cm³/mol. The summed E-state index contributed by atoms with van der Waals surface area (Å²) in [7, 11) is 3.45. The molecule has 0 saturated heterocycles. The molecule has 1 aromatic heterocycles. The summed E-state index contributed by atoms with van der Waals surface area (Å²) in [4.78, 5) is 18.1. The van der Waals surface area contributed by atoms with Crippen LogP contribution in [0.1, 0.15) is 62.1 Å². The van der Waals surface area contributed by atoms with Crippen LogP contribution in [0.3, 0.4) is 0 Å². The molecular formula is C23H34IN5O3. The van der Waals surface area contributed by atoms with Gasteiger partial charge in [0.1, 0.15) is 12.3 Å². The summed E-state index contributed by atoms with van der Waals surface area (Å²) >= 11 is 0. The molecule has 2 heterocycles. The van der Waals surface area contributed by atoms with Crippen molar-refractivity contribution >= 4 is 35.8 Å². The summed E-state index contributed by atoms with van der Waals surface area (Å²) in [6, 6.07) is 10.0. The molecule has 0 aliphatic carbocycles. The van der Waals surface area contributed by atoms with E-state index in [0.29, 0.717) is 25.0 Å². The third-order valence-electron chi connectivity index (χ3n) is 5.55. The van der Waals surface area contributed by atoms with Crippen molar-refractivity contribution in [1.82, 2.24) is 20.7 Å². The van der Waals surface area contributed by atoms with Crippen LogP contribution >= 0.6 is 24.0 Å². The van der Waals surface area contributed by atoms with Gasteiger partial charge in [-0.2, -0.15) is 0 Å². The summed E-state index contributed by atoms with van der Waals surface area (Å²) in [6.07, 6.45) is 2.86. The van der Waals surface area contributed by atoms with Crippen LogP contribution in [0.5, 0.6) is 5.75 Å². The second-order valence-corrected chi connectivity index (χ2v) is 7.91. The third-order valence-corrected chi connectivity index (χ3v) is 5.55. The van der Waals surface area contributed by atoms with Crippen LogP contribution in [0.2, 0.25) is 0 Å². The average Bonchev–Trinajstić information content (AvgIpc) is 3.25. The van der Waals surface area contributed by atoms with E-state index >= 15 is 0 Å². The zero-order valence-corrected chi connectivity index (χ0v) is 21.6. The van der Waals surface area contributed by atoms with Crippen molar-refractivity contribution in [1.29, 1.82) is 0 Å². The molecule has 8 nitrogen and oxygen atoms in total. The number of nitrogens with one attached hydrogen (secondary N) is 2. The lowest BCUT2D eigenvalue weighted by atomic mass is 9.99. The van der Waals surface area contributed by atoms with Gasteiger partial charge in [0.25, 0.3) is 0 Å². The van der Waals surface area contributed by atoms with Crippen LogP contribution < -0.4 is 15.4 Å². The SMILES string of the molecule is CCC(CC)c1cc(CNC(=NCC(=O)N(C)C)NC2CCOc3ccccc32)on1.I. The van der Waals surface area contributed by atoms with Crippen LogP contribution in [-0.4, -0.2) is 49.2 Å². The maximum absolute atomic E-state index is 12.1. The molecule has 0 radical (unpaired) electrons. The first kappa shape index (κ1) is 26.0. The highest BCUT2D eigenvalue weighted by atomic mass is 127. The number of ether oxygens (including phenoxy) is 1. The number of carbonyl (C=O) groups is 1. The topological polar surface area (TPSA) is 92.0 Å². The highest BCUT2D eigenvalue weighted by molar-refractivity contribution is 14.0. The summed E-state index contributed by atoms with van der Waals surface area (Å²) in [6.45, 7) is 5.42. The zero-order chi connectivity index (χ0) is 22.2. The molecule has 2 N–H and O–H groups in total. The fourth-order valence-electron chi connectivity index (χ4n) is 3.58. The minimum atomic E-state index is -0.0656. The van der Waals surface area contributed by atoms with Crippen molar-refractivity contribution < 1.29 is 14.1 Å². The van der Waals surface area contributed by atoms with E-state index in [1.807, 2.05) is 30.3 Å². The van der Waals surface area contributed by atoms with E-state index in [4.69, 9.17) is 9.26 Å². The molecule has 1 aliphatic heterocycles. The van der Waals surface area contributed by atoms with Gasteiger partial charge in [0.15, 0.2) is 11.7 Å². The van der Waals surface area contributed by atoms with Gasteiger partial charge in [-0.15, -0.1) is 24.0 Å². The average molecular weight is 555 g/mol. The molecule has 2 aromatic rings. The number of carbonyl (C=O) groups excluding carboxylic acids is 1. The Kier molecular flexibility index (Phi) is 10.3. The zero-order valence-electron chi connectivity index (χ0n) is 19.3. The number of hydrogen-bond acceptors (Lipinski definition) is 5. The van der Waals surface area contributed by atoms with Gasteiger partial charge in [-0.05, 0) is 18.9 Å². The maximum Gasteiger partial charge on any atom is 0.243 e. The molecule has 1 aromatic carbocycles.